The summed E-state index contributed by atoms with van der Waals surface area (Å²) in [5, 5.41) is 8.88. The summed E-state index contributed by atoms with van der Waals surface area (Å²) in [5.74, 6) is -2.88. The van der Waals surface area contributed by atoms with Gasteiger partial charge < -0.3 is 4.74 Å². The van der Waals surface area contributed by atoms with Gasteiger partial charge in [0.25, 0.3) is 0 Å². The van der Waals surface area contributed by atoms with E-state index in [-0.39, 0.29) is 11.3 Å². The Morgan fingerprint density at radius 3 is 1.94 bits per heavy atom. The molecule has 0 aromatic heterocycles. The fraction of sp³-hybridized carbons (Fsp3) is 0.0800. The van der Waals surface area contributed by atoms with Crippen LogP contribution in [-0.4, -0.2) is 11.8 Å². The molecule has 32 heavy (non-hydrogen) atoms. The van der Waals surface area contributed by atoms with Gasteiger partial charge >= 0.3 is 12.1 Å². The lowest BCUT2D eigenvalue weighted by Crippen LogP contribution is -2.13. The minimum Gasteiger partial charge on any atom is -0.422 e. The van der Waals surface area contributed by atoms with E-state index >= 15 is 0 Å². The lowest BCUT2D eigenvalue weighted by molar-refractivity contribution is -0.137. The van der Waals surface area contributed by atoms with Crippen LogP contribution >= 0.6 is 0 Å². The second kappa shape index (κ2) is 8.16. The number of cyclic esters (lactones) is 1. The molecule has 3 aromatic carbocycles. The maximum absolute atomic E-state index is 12.7. The Morgan fingerprint density at radius 2 is 1.41 bits per heavy atom. The molecule has 0 radical (unpaired) electrons. The van der Waals surface area contributed by atoms with Crippen LogP contribution < -0.4 is 0 Å². The third kappa shape index (κ3) is 4.16. The Morgan fingerprint density at radius 1 is 0.844 bits per heavy atom. The van der Waals surface area contributed by atoms with Crippen molar-refractivity contribution in [2.45, 2.75) is 12.1 Å². The van der Waals surface area contributed by atoms with E-state index in [4.69, 9.17) is 10.00 Å². The number of carbonyl (C=O) groups is 2. The number of hydrogen-bond donors (Lipinski definition) is 0. The molecular formula is C25H14F3NO3. The van der Waals surface area contributed by atoms with Gasteiger partial charge in [0.1, 0.15) is 5.92 Å². The monoisotopic (exact) mass is 433 g/mol. The molecule has 0 amide bonds. The Kier molecular flexibility index (Phi) is 5.37. The number of rotatable bonds is 3. The fourth-order valence-corrected chi connectivity index (χ4v) is 3.38. The summed E-state index contributed by atoms with van der Waals surface area (Å²) in [7, 11) is 0. The molecular weight excluding hydrogens is 419 g/mol. The van der Waals surface area contributed by atoms with Crippen LogP contribution in [0.4, 0.5) is 13.2 Å². The number of esters is 1. The average molecular weight is 433 g/mol. The molecule has 1 saturated heterocycles. The lowest BCUT2D eigenvalue weighted by atomic mass is 9.94. The zero-order chi connectivity index (χ0) is 22.9. The maximum Gasteiger partial charge on any atom is 0.416 e. The molecule has 1 aliphatic heterocycles. The van der Waals surface area contributed by atoms with Crippen molar-refractivity contribution in [3.63, 3.8) is 0 Å². The van der Waals surface area contributed by atoms with Gasteiger partial charge in [-0.2, -0.15) is 18.4 Å². The number of nitriles is 1. The number of hydrogen-bond acceptors (Lipinski definition) is 4. The molecule has 0 bridgehead atoms. The average Bonchev–Trinajstić information content (AvgIpc) is 3.06. The number of ketones is 1. The predicted molar refractivity (Wildman–Crippen MR) is 110 cm³/mol. The minimum atomic E-state index is -4.51. The van der Waals surface area contributed by atoms with Crippen molar-refractivity contribution in [2.24, 2.45) is 0 Å². The second-order valence-corrected chi connectivity index (χ2v) is 7.16. The van der Waals surface area contributed by atoms with Crippen molar-refractivity contribution >= 4 is 17.8 Å². The van der Waals surface area contributed by atoms with Crippen molar-refractivity contribution in [3.05, 3.63) is 101 Å². The van der Waals surface area contributed by atoms with E-state index in [1.54, 1.807) is 24.3 Å². The number of Topliss-reactive ketones (excluding diaryl/α,β-unsaturated/α-hetero) is 1. The SMILES string of the molecule is N#Cc1ccc(-c2ccc(C=C3OC(=O)C(c4ccc(C(F)(F)F)cc4)C3=O)cc2)cc1. The van der Waals surface area contributed by atoms with Gasteiger partial charge in [0.15, 0.2) is 5.76 Å². The first kappa shape index (κ1) is 21.1. The van der Waals surface area contributed by atoms with Crippen LogP contribution in [0, 0.1) is 11.3 Å². The van der Waals surface area contributed by atoms with Crippen LogP contribution in [0.3, 0.4) is 0 Å². The first-order valence-corrected chi connectivity index (χ1v) is 9.51. The van der Waals surface area contributed by atoms with Gasteiger partial charge in [-0.25, -0.2) is 0 Å². The number of carbonyl (C=O) groups excluding carboxylic acids is 2. The Labute approximate surface area is 181 Å². The van der Waals surface area contributed by atoms with Gasteiger partial charge in [0.2, 0.25) is 5.78 Å². The van der Waals surface area contributed by atoms with Gasteiger partial charge in [-0.05, 0) is 52.6 Å². The van der Waals surface area contributed by atoms with E-state index in [2.05, 4.69) is 6.07 Å². The Balaban J connectivity index is 1.54. The van der Waals surface area contributed by atoms with Crippen molar-refractivity contribution < 1.29 is 27.5 Å². The minimum absolute atomic E-state index is 0.146. The van der Waals surface area contributed by atoms with Crippen LogP contribution in [-0.2, 0) is 20.5 Å². The largest absolute Gasteiger partial charge is 0.422 e. The fourth-order valence-electron chi connectivity index (χ4n) is 3.38. The summed E-state index contributed by atoms with van der Waals surface area (Å²) < 4.78 is 43.3. The molecule has 3 aromatic rings. The number of nitrogens with zero attached hydrogens (tertiary/aromatic N) is 1. The van der Waals surface area contributed by atoms with Gasteiger partial charge in [-0.3, -0.25) is 9.59 Å². The number of allylic oxidation sites excluding steroid dienone is 1. The number of halogens is 3. The van der Waals surface area contributed by atoms with Crippen LogP contribution in [0.15, 0.2) is 78.6 Å². The molecule has 7 heteroatoms. The summed E-state index contributed by atoms with van der Waals surface area (Å²) in [4.78, 5) is 24.9. The molecule has 1 aliphatic rings. The van der Waals surface area contributed by atoms with Crippen LogP contribution in [0.1, 0.15) is 28.2 Å². The normalized spacial score (nSPS) is 17.3. The number of alkyl halides is 3. The van der Waals surface area contributed by atoms with Gasteiger partial charge in [0.05, 0.1) is 17.2 Å². The molecule has 1 atom stereocenters. The third-order valence-electron chi connectivity index (χ3n) is 5.08. The molecule has 1 heterocycles. The molecule has 0 spiro atoms. The molecule has 1 unspecified atom stereocenters. The number of ether oxygens (including phenoxy) is 1. The van der Waals surface area contributed by atoms with Crippen molar-refractivity contribution in [1.82, 2.24) is 0 Å². The molecule has 4 rings (SSSR count). The highest BCUT2D eigenvalue weighted by molar-refractivity contribution is 6.19. The smallest absolute Gasteiger partial charge is 0.416 e. The van der Waals surface area contributed by atoms with E-state index in [9.17, 15) is 22.8 Å². The quantitative estimate of drug-likeness (QED) is 0.311. The van der Waals surface area contributed by atoms with Gasteiger partial charge in [-0.1, -0.05) is 48.5 Å². The van der Waals surface area contributed by atoms with E-state index in [1.165, 1.54) is 6.08 Å². The summed E-state index contributed by atoms with van der Waals surface area (Å²) in [6.07, 6.45) is -3.08. The summed E-state index contributed by atoms with van der Waals surface area (Å²) in [6, 6.07) is 20.1. The summed E-state index contributed by atoms with van der Waals surface area (Å²) in [5.41, 5.74) is 2.26. The topological polar surface area (TPSA) is 67.2 Å². The van der Waals surface area contributed by atoms with Crippen molar-refractivity contribution in [3.8, 4) is 17.2 Å². The van der Waals surface area contributed by atoms with E-state index in [1.807, 2.05) is 24.3 Å². The maximum atomic E-state index is 12.7. The van der Waals surface area contributed by atoms with Crippen LogP contribution in [0.25, 0.3) is 17.2 Å². The van der Waals surface area contributed by atoms with E-state index < -0.39 is 29.4 Å². The highest BCUT2D eigenvalue weighted by atomic mass is 19.4. The number of benzene rings is 3. The first-order valence-electron chi connectivity index (χ1n) is 9.51. The van der Waals surface area contributed by atoms with Crippen LogP contribution in [0.2, 0.25) is 0 Å². The molecule has 0 N–H and O–H groups in total. The van der Waals surface area contributed by atoms with Crippen LogP contribution in [0.5, 0.6) is 0 Å². The van der Waals surface area contributed by atoms with Gasteiger partial charge in [0, 0.05) is 0 Å². The molecule has 1 fully saturated rings. The lowest BCUT2D eigenvalue weighted by Gasteiger charge is -2.08. The molecule has 0 saturated carbocycles. The van der Waals surface area contributed by atoms with Gasteiger partial charge in [-0.15, -0.1) is 0 Å². The summed E-state index contributed by atoms with van der Waals surface area (Å²) in [6.45, 7) is 0. The third-order valence-corrected chi connectivity index (χ3v) is 5.08. The second-order valence-electron chi connectivity index (χ2n) is 7.16. The Hall–Kier alpha value is -4.18. The molecule has 4 nitrogen and oxygen atoms in total. The van der Waals surface area contributed by atoms with Crippen molar-refractivity contribution in [1.29, 1.82) is 5.26 Å². The standard InChI is InChI=1S/C25H14F3NO3/c26-25(27,28)20-11-9-19(10-12-20)22-23(30)21(32-24(22)31)13-15-1-5-17(6-2-15)18-7-3-16(14-29)4-8-18/h1-13,22H. The zero-order valence-corrected chi connectivity index (χ0v) is 16.4. The summed E-state index contributed by atoms with van der Waals surface area (Å²) >= 11 is 0. The predicted octanol–water partition coefficient (Wildman–Crippen LogP) is 5.49. The Bertz CT molecular complexity index is 1250. The highest BCUT2D eigenvalue weighted by Gasteiger charge is 2.41. The molecule has 158 valence electrons. The molecule has 0 aliphatic carbocycles. The highest BCUT2D eigenvalue weighted by Crippen LogP contribution is 2.34. The van der Waals surface area contributed by atoms with Crippen molar-refractivity contribution in [2.75, 3.05) is 0 Å². The zero-order valence-electron chi connectivity index (χ0n) is 16.4. The van der Waals surface area contributed by atoms with E-state index in [0.717, 1.165) is 35.4 Å². The van der Waals surface area contributed by atoms with E-state index in [0.29, 0.717) is 11.1 Å². The first-order chi connectivity index (χ1) is 15.3.